The molecule has 0 spiro atoms. The second-order valence-electron chi connectivity index (χ2n) is 5.10. The zero-order chi connectivity index (χ0) is 18.4. The van der Waals surface area contributed by atoms with Gasteiger partial charge in [0, 0.05) is 5.56 Å². The van der Waals surface area contributed by atoms with Crippen LogP contribution in [0.25, 0.3) is 11.1 Å². The van der Waals surface area contributed by atoms with Crippen LogP contribution in [-0.2, 0) is 9.53 Å². The number of nitrogens with zero attached hydrogens (tertiary/aromatic N) is 1. The Morgan fingerprint density at radius 2 is 1.68 bits per heavy atom. The monoisotopic (exact) mass is 337 g/mol. The number of hydrogen-bond donors (Lipinski definition) is 2. The molecule has 0 aliphatic heterocycles. The van der Waals surface area contributed by atoms with Crippen molar-refractivity contribution in [3.05, 3.63) is 59.7 Å². The van der Waals surface area contributed by atoms with E-state index in [2.05, 4.69) is 6.07 Å². The number of nitrogens with two attached hydrogens (primary N) is 1. The van der Waals surface area contributed by atoms with Crippen molar-refractivity contribution in [1.29, 1.82) is 5.26 Å². The molecule has 0 aliphatic carbocycles. The minimum atomic E-state index is -1.21. The predicted octanol–water partition coefficient (Wildman–Crippen LogP) is 1.97. The van der Waals surface area contributed by atoms with Gasteiger partial charge in [-0.25, -0.2) is 9.59 Å². The molecule has 126 valence electrons. The van der Waals surface area contributed by atoms with Crippen molar-refractivity contribution in [2.24, 2.45) is 5.73 Å². The third-order valence-electron chi connectivity index (χ3n) is 3.38. The summed E-state index contributed by atoms with van der Waals surface area (Å²) in [6.07, 6.45) is -1.21. The molecule has 7 heteroatoms. The van der Waals surface area contributed by atoms with Crippen molar-refractivity contribution in [3.63, 3.8) is 0 Å². The summed E-state index contributed by atoms with van der Waals surface area (Å²) in [5.41, 5.74) is 6.55. The highest BCUT2D eigenvalue weighted by atomic mass is 16.5. The van der Waals surface area contributed by atoms with Gasteiger partial charge in [0.25, 0.3) is 5.91 Å². The Morgan fingerprint density at radius 1 is 1.08 bits per heavy atom. The molecule has 3 amide bonds. The summed E-state index contributed by atoms with van der Waals surface area (Å²) in [5, 5.41) is 11.1. The van der Waals surface area contributed by atoms with E-state index >= 15 is 0 Å². The van der Waals surface area contributed by atoms with Crippen molar-refractivity contribution in [2.75, 3.05) is 0 Å². The van der Waals surface area contributed by atoms with Gasteiger partial charge in [-0.1, -0.05) is 36.4 Å². The van der Waals surface area contributed by atoms with Gasteiger partial charge < -0.3 is 10.5 Å². The van der Waals surface area contributed by atoms with E-state index in [1.54, 1.807) is 42.5 Å². The predicted molar refractivity (Wildman–Crippen MR) is 89.2 cm³/mol. The summed E-state index contributed by atoms with van der Waals surface area (Å²) >= 11 is 0. The standard InChI is InChI=1S/C18H15N3O4/c1-11(16(22)21-18(20)24)25-17(23)15-9-5-4-8-14(15)13-7-3-2-6-12(13)10-19/h2-9,11H,1H3,(H3,20,21,22,24)/t11-/m1/s1. The molecule has 0 unspecified atom stereocenters. The lowest BCUT2D eigenvalue weighted by molar-refractivity contribution is -0.127. The summed E-state index contributed by atoms with van der Waals surface area (Å²) in [6.45, 7) is 1.32. The average Bonchev–Trinajstić information content (AvgIpc) is 2.61. The van der Waals surface area contributed by atoms with Crippen LogP contribution in [-0.4, -0.2) is 24.0 Å². The Morgan fingerprint density at radius 3 is 2.32 bits per heavy atom. The minimum absolute atomic E-state index is 0.198. The van der Waals surface area contributed by atoms with Crippen LogP contribution >= 0.6 is 0 Å². The molecule has 1 atom stereocenters. The average molecular weight is 337 g/mol. The van der Waals surface area contributed by atoms with Gasteiger partial charge in [0.05, 0.1) is 17.2 Å². The molecule has 0 fully saturated rings. The maximum absolute atomic E-state index is 12.4. The molecule has 0 aromatic heterocycles. The molecule has 3 N–H and O–H groups in total. The molecule has 0 saturated heterocycles. The zero-order valence-electron chi connectivity index (χ0n) is 13.4. The Kier molecular flexibility index (Phi) is 5.48. The van der Waals surface area contributed by atoms with Gasteiger partial charge in [-0.05, 0) is 24.6 Å². The molecule has 7 nitrogen and oxygen atoms in total. The molecule has 2 aromatic carbocycles. The lowest BCUT2D eigenvalue weighted by atomic mass is 9.96. The van der Waals surface area contributed by atoms with Gasteiger partial charge in [-0.15, -0.1) is 0 Å². The van der Waals surface area contributed by atoms with Crippen LogP contribution in [0, 0.1) is 11.3 Å². The normalized spacial score (nSPS) is 11.0. The molecule has 0 heterocycles. The third kappa shape index (κ3) is 4.20. The quantitative estimate of drug-likeness (QED) is 0.826. The van der Waals surface area contributed by atoms with E-state index in [0.717, 1.165) is 0 Å². The van der Waals surface area contributed by atoms with E-state index < -0.39 is 24.0 Å². The second-order valence-corrected chi connectivity index (χ2v) is 5.10. The van der Waals surface area contributed by atoms with E-state index in [4.69, 9.17) is 10.5 Å². The Balaban J connectivity index is 2.32. The second kappa shape index (κ2) is 7.75. The van der Waals surface area contributed by atoms with E-state index in [9.17, 15) is 19.6 Å². The first-order chi connectivity index (χ1) is 11.9. The zero-order valence-corrected chi connectivity index (χ0v) is 13.4. The Labute approximate surface area is 144 Å². The van der Waals surface area contributed by atoms with Gasteiger partial charge in [-0.2, -0.15) is 5.26 Å². The SMILES string of the molecule is C[C@@H](OC(=O)c1ccccc1-c1ccccc1C#N)C(=O)NC(N)=O. The van der Waals surface area contributed by atoms with Crippen LogP contribution in [0.1, 0.15) is 22.8 Å². The Hall–Kier alpha value is -3.66. The number of ether oxygens (including phenoxy) is 1. The van der Waals surface area contributed by atoms with Crippen molar-refractivity contribution < 1.29 is 19.1 Å². The molecule has 2 rings (SSSR count). The third-order valence-corrected chi connectivity index (χ3v) is 3.38. The molecule has 25 heavy (non-hydrogen) atoms. The number of primary amides is 1. The summed E-state index contributed by atoms with van der Waals surface area (Å²) in [4.78, 5) is 34.8. The summed E-state index contributed by atoms with van der Waals surface area (Å²) < 4.78 is 5.09. The molecule has 2 aromatic rings. The number of imide groups is 1. The molecular weight excluding hydrogens is 322 g/mol. The highest BCUT2D eigenvalue weighted by Gasteiger charge is 2.22. The van der Waals surface area contributed by atoms with Crippen LogP contribution in [0.15, 0.2) is 48.5 Å². The van der Waals surface area contributed by atoms with Crippen LogP contribution in [0.4, 0.5) is 4.79 Å². The van der Waals surface area contributed by atoms with Crippen LogP contribution in [0.2, 0.25) is 0 Å². The molecular formula is C18H15N3O4. The number of benzene rings is 2. The number of hydrogen-bond acceptors (Lipinski definition) is 5. The first-order valence-electron chi connectivity index (χ1n) is 7.34. The highest BCUT2D eigenvalue weighted by Crippen LogP contribution is 2.27. The fourth-order valence-corrected chi connectivity index (χ4v) is 2.21. The minimum Gasteiger partial charge on any atom is -0.449 e. The molecule has 0 bridgehead atoms. The first kappa shape index (κ1) is 17.7. The van der Waals surface area contributed by atoms with Crippen molar-refractivity contribution >= 4 is 17.9 Å². The number of urea groups is 1. The first-order valence-corrected chi connectivity index (χ1v) is 7.34. The summed E-state index contributed by atoms with van der Waals surface area (Å²) in [5.74, 6) is -1.58. The van der Waals surface area contributed by atoms with E-state index in [1.807, 2.05) is 5.32 Å². The number of amides is 3. The van der Waals surface area contributed by atoms with Gasteiger partial charge in [0.1, 0.15) is 0 Å². The highest BCUT2D eigenvalue weighted by molar-refractivity contribution is 6.01. The van der Waals surface area contributed by atoms with E-state index in [0.29, 0.717) is 16.7 Å². The number of nitriles is 1. The van der Waals surface area contributed by atoms with Gasteiger partial charge in [-0.3, -0.25) is 10.1 Å². The number of carbonyl (C=O) groups excluding carboxylic acids is 3. The fraction of sp³-hybridized carbons (Fsp3) is 0.111. The van der Waals surface area contributed by atoms with Crippen LogP contribution in [0.5, 0.6) is 0 Å². The largest absolute Gasteiger partial charge is 0.449 e. The lowest BCUT2D eigenvalue weighted by Crippen LogP contribution is -2.42. The Bertz CT molecular complexity index is 871. The molecule has 0 saturated carbocycles. The number of carbonyl (C=O) groups is 3. The van der Waals surface area contributed by atoms with Crippen LogP contribution in [0.3, 0.4) is 0 Å². The summed E-state index contributed by atoms with van der Waals surface area (Å²) in [7, 11) is 0. The summed E-state index contributed by atoms with van der Waals surface area (Å²) in [6, 6.07) is 14.5. The maximum atomic E-state index is 12.4. The van der Waals surface area contributed by atoms with E-state index in [1.165, 1.54) is 13.0 Å². The van der Waals surface area contributed by atoms with Crippen molar-refractivity contribution in [3.8, 4) is 17.2 Å². The van der Waals surface area contributed by atoms with Gasteiger partial charge in [0.15, 0.2) is 6.10 Å². The fourth-order valence-electron chi connectivity index (χ4n) is 2.21. The number of nitrogens with one attached hydrogen (secondary N) is 1. The number of rotatable bonds is 4. The molecule has 0 aliphatic rings. The van der Waals surface area contributed by atoms with Crippen molar-refractivity contribution in [1.82, 2.24) is 5.32 Å². The molecule has 0 radical (unpaired) electrons. The van der Waals surface area contributed by atoms with Gasteiger partial charge in [0.2, 0.25) is 0 Å². The number of esters is 1. The maximum Gasteiger partial charge on any atom is 0.339 e. The van der Waals surface area contributed by atoms with Crippen molar-refractivity contribution in [2.45, 2.75) is 13.0 Å². The van der Waals surface area contributed by atoms with E-state index in [-0.39, 0.29) is 5.56 Å². The topological polar surface area (TPSA) is 122 Å². The lowest BCUT2D eigenvalue weighted by Gasteiger charge is -2.14. The van der Waals surface area contributed by atoms with Gasteiger partial charge >= 0.3 is 12.0 Å². The smallest absolute Gasteiger partial charge is 0.339 e. The van der Waals surface area contributed by atoms with Crippen LogP contribution < -0.4 is 11.1 Å².